The van der Waals surface area contributed by atoms with Gasteiger partial charge in [0.15, 0.2) is 0 Å². The van der Waals surface area contributed by atoms with Gasteiger partial charge in [-0.2, -0.15) is 0 Å². The lowest BCUT2D eigenvalue weighted by atomic mass is 9.99. The summed E-state index contributed by atoms with van der Waals surface area (Å²) >= 11 is 0. The molecule has 0 saturated heterocycles. The van der Waals surface area contributed by atoms with Gasteiger partial charge in [-0.05, 0) is 18.2 Å². The lowest BCUT2D eigenvalue weighted by Gasteiger charge is -2.16. The molecular weight excluding hydrogens is 342 g/mol. The molecule has 1 unspecified atom stereocenters. The van der Waals surface area contributed by atoms with Gasteiger partial charge >= 0.3 is 5.97 Å². The van der Waals surface area contributed by atoms with Crippen molar-refractivity contribution in [1.29, 1.82) is 0 Å². The number of aromatic amines is 2. The molecule has 0 spiro atoms. The molecule has 4 aromatic rings. The first-order valence-corrected chi connectivity index (χ1v) is 8.56. The number of nitrogens with one attached hydrogen (secondary N) is 3. The van der Waals surface area contributed by atoms with E-state index in [1.807, 2.05) is 48.5 Å². The van der Waals surface area contributed by atoms with Gasteiger partial charge < -0.3 is 20.4 Å². The predicted molar refractivity (Wildman–Crippen MR) is 102 cm³/mol. The van der Waals surface area contributed by atoms with Gasteiger partial charge in [-0.1, -0.05) is 36.4 Å². The summed E-state index contributed by atoms with van der Waals surface area (Å²) < 4.78 is 0. The number of carboxylic acid groups (broad SMARTS) is 1. The van der Waals surface area contributed by atoms with Crippen LogP contribution in [0.15, 0.2) is 60.4 Å². The highest BCUT2D eigenvalue weighted by Crippen LogP contribution is 2.34. The Balaban J connectivity index is 1.76. The standard InChI is InChI=1S/C21H15N3O3/c25-20-18-13(11-5-2-4-8-16(11)23-18)9-17(21(26)27)24-19(20)14-10-22-15-7-3-1-6-12(14)15/h1-10,19,22-24H,(H,26,27). The summed E-state index contributed by atoms with van der Waals surface area (Å²) in [5.41, 5.74) is 3.41. The normalized spacial score (nSPS) is 16.7. The van der Waals surface area contributed by atoms with Gasteiger partial charge in [0.1, 0.15) is 11.7 Å². The van der Waals surface area contributed by atoms with E-state index in [4.69, 9.17) is 0 Å². The second-order valence-electron chi connectivity index (χ2n) is 6.55. The highest BCUT2D eigenvalue weighted by atomic mass is 16.4. The maximum atomic E-state index is 13.4. The molecule has 3 heterocycles. The largest absolute Gasteiger partial charge is 0.477 e. The second-order valence-corrected chi connectivity index (χ2v) is 6.55. The van der Waals surface area contributed by atoms with Crippen LogP contribution in [0, 0.1) is 0 Å². The summed E-state index contributed by atoms with van der Waals surface area (Å²) in [6.07, 6.45) is 3.29. The van der Waals surface area contributed by atoms with Crippen molar-refractivity contribution < 1.29 is 14.7 Å². The Hall–Kier alpha value is -3.80. The Bertz CT molecular complexity index is 1260. The Morgan fingerprint density at radius 3 is 2.44 bits per heavy atom. The van der Waals surface area contributed by atoms with Crippen molar-refractivity contribution in [3.05, 3.63) is 77.2 Å². The molecule has 0 radical (unpaired) electrons. The molecule has 6 nitrogen and oxygen atoms in total. The number of para-hydroxylation sites is 2. The molecule has 132 valence electrons. The number of hydrogen-bond acceptors (Lipinski definition) is 3. The summed E-state index contributed by atoms with van der Waals surface area (Å²) in [6, 6.07) is 14.3. The maximum Gasteiger partial charge on any atom is 0.352 e. The zero-order valence-electron chi connectivity index (χ0n) is 14.1. The maximum absolute atomic E-state index is 13.4. The molecular formula is C21H15N3O3. The van der Waals surface area contributed by atoms with Crippen molar-refractivity contribution >= 4 is 39.6 Å². The minimum Gasteiger partial charge on any atom is -0.477 e. The molecule has 0 fully saturated rings. The molecule has 0 amide bonds. The molecule has 0 aliphatic carbocycles. The van der Waals surface area contributed by atoms with Crippen molar-refractivity contribution in [2.24, 2.45) is 0 Å². The first-order valence-electron chi connectivity index (χ1n) is 8.56. The third-order valence-corrected chi connectivity index (χ3v) is 5.01. The number of hydrogen-bond donors (Lipinski definition) is 4. The van der Waals surface area contributed by atoms with Gasteiger partial charge in [-0.15, -0.1) is 0 Å². The highest BCUT2D eigenvalue weighted by Gasteiger charge is 2.32. The highest BCUT2D eigenvalue weighted by molar-refractivity contribution is 6.12. The summed E-state index contributed by atoms with van der Waals surface area (Å²) in [7, 11) is 0. The number of rotatable bonds is 2. The van der Waals surface area contributed by atoms with Gasteiger partial charge in [0.05, 0.1) is 5.69 Å². The molecule has 2 aromatic carbocycles. The molecule has 2 aromatic heterocycles. The number of Topliss-reactive ketones (excluding diaryl/α,β-unsaturated/α-hetero) is 1. The summed E-state index contributed by atoms with van der Waals surface area (Å²) in [5.74, 6) is -1.30. The second kappa shape index (κ2) is 5.60. The van der Waals surface area contributed by atoms with E-state index in [1.54, 1.807) is 6.20 Å². The third-order valence-electron chi connectivity index (χ3n) is 5.01. The van der Waals surface area contributed by atoms with Crippen molar-refractivity contribution in [2.75, 3.05) is 0 Å². The van der Waals surface area contributed by atoms with Crippen LogP contribution in [-0.2, 0) is 4.79 Å². The third kappa shape index (κ3) is 2.27. The van der Waals surface area contributed by atoms with Crippen LogP contribution in [0.5, 0.6) is 0 Å². The molecule has 1 atom stereocenters. The number of aliphatic carboxylic acids is 1. The lowest BCUT2D eigenvalue weighted by molar-refractivity contribution is -0.133. The van der Waals surface area contributed by atoms with Gasteiger partial charge in [0.25, 0.3) is 0 Å². The number of aromatic nitrogens is 2. The van der Waals surface area contributed by atoms with Crippen LogP contribution >= 0.6 is 0 Å². The first-order chi connectivity index (χ1) is 13.1. The van der Waals surface area contributed by atoms with Crippen LogP contribution in [-0.4, -0.2) is 26.8 Å². The molecule has 0 bridgehead atoms. The number of benzene rings is 2. The SMILES string of the molecule is O=C(O)C1=Cc2c([nH]c3ccccc23)C(=O)C(c2c[nH]c3ccccc23)N1. The fraction of sp³-hybridized carbons (Fsp3) is 0.0476. The van der Waals surface area contributed by atoms with Crippen LogP contribution in [0.2, 0.25) is 0 Å². The van der Waals surface area contributed by atoms with Crippen LogP contribution in [0.25, 0.3) is 27.9 Å². The molecule has 6 heteroatoms. The fourth-order valence-electron chi connectivity index (χ4n) is 3.73. The number of carbonyl (C=O) groups excluding carboxylic acids is 1. The average molecular weight is 357 g/mol. The van der Waals surface area contributed by atoms with E-state index < -0.39 is 12.0 Å². The van der Waals surface area contributed by atoms with Crippen LogP contribution in [0.1, 0.15) is 27.7 Å². The van der Waals surface area contributed by atoms with E-state index in [2.05, 4.69) is 15.3 Å². The molecule has 5 rings (SSSR count). The van der Waals surface area contributed by atoms with E-state index in [1.165, 1.54) is 6.08 Å². The topological polar surface area (TPSA) is 98.0 Å². The van der Waals surface area contributed by atoms with Gasteiger partial charge in [-0.25, -0.2) is 4.79 Å². The molecule has 1 aliphatic heterocycles. The van der Waals surface area contributed by atoms with Crippen LogP contribution in [0.4, 0.5) is 0 Å². The smallest absolute Gasteiger partial charge is 0.352 e. The van der Waals surface area contributed by atoms with Gasteiger partial charge in [0, 0.05) is 39.1 Å². The summed E-state index contributed by atoms with van der Waals surface area (Å²) in [5, 5.41) is 14.3. The van der Waals surface area contributed by atoms with E-state index in [9.17, 15) is 14.7 Å². The van der Waals surface area contributed by atoms with Crippen molar-refractivity contribution in [2.45, 2.75) is 6.04 Å². The Morgan fingerprint density at radius 2 is 1.67 bits per heavy atom. The van der Waals surface area contributed by atoms with E-state index in [0.29, 0.717) is 16.8 Å². The Labute approximate surface area is 153 Å². The van der Waals surface area contributed by atoms with Crippen molar-refractivity contribution in [3.8, 4) is 0 Å². The van der Waals surface area contributed by atoms with E-state index in [-0.39, 0.29) is 11.5 Å². The van der Waals surface area contributed by atoms with Gasteiger partial charge in [-0.3, -0.25) is 4.79 Å². The average Bonchev–Trinajstić information content (AvgIpc) is 3.22. The zero-order chi connectivity index (χ0) is 18.5. The zero-order valence-corrected chi connectivity index (χ0v) is 14.1. The van der Waals surface area contributed by atoms with E-state index in [0.717, 1.165) is 21.8 Å². The number of H-pyrrole nitrogens is 2. The lowest BCUT2D eigenvalue weighted by Crippen LogP contribution is -2.30. The molecule has 0 saturated carbocycles. The number of carboxylic acids is 1. The van der Waals surface area contributed by atoms with Crippen LogP contribution in [0.3, 0.4) is 0 Å². The van der Waals surface area contributed by atoms with Crippen molar-refractivity contribution in [1.82, 2.24) is 15.3 Å². The van der Waals surface area contributed by atoms with Crippen LogP contribution < -0.4 is 5.32 Å². The number of ketones is 1. The molecule has 4 N–H and O–H groups in total. The first kappa shape index (κ1) is 15.5. The monoisotopic (exact) mass is 357 g/mol. The fourth-order valence-corrected chi connectivity index (χ4v) is 3.73. The number of fused-ring (bicyclic) bond motifs is 4. The summed E-state index contributed by atoms with van der Waals surface area (Å²) in [6.45, 7) is 0. The summed E-state index contributed by atoms with van der Waals surface area (Å²) in [4.78, 5) is 31.5. The molecule has 1 aliphatic rings. The predicted octanol–water partition coefficient (Wildman–Crippen LogP) is 3.60. The minimum atomic E-state index is -1.11. The quantitative estimate of drug-likeness (QED) is 0.440. The van der Waals surface area contributed by atoms with Crippen molar-refractivity contribution in [3.63, 3.8) is 0 Å². The van der Waals surface area contributed by atoms with E-state index >= 15 is 0 Å². The minimum absolute atomic E-state index is 0.0119. The number of carbonyl (C=O) groups is 2. The Kier molecular flexibility index (Phi) is 3.21. The molecule has 27 heavy (non-hydrogen) atoms. The Morgan fingerprint density at radius 1 is 0.963 bits per heavy atom. The van der Waals surface area contributed by atoms with Gasteiger partial charge in [0.2, 0.25) is 5.78 Å².